The van der Waals surface area contributed by atoms with E-state index in [2.05, 4.69) is 10.2 Å². The topological polar surface area (TPSA) is 61.9 Å². The summed E-state index contributed by atoms with van der Waals surface area (Å²) in [5, 5.41) is 3.41. The summed E-state index contributed by atoms with van der Waals surface area (Å²) in [6, 6.07) is 0.373. The van der Waals surface area contributed by atoms with E-state index in [1.807, 2.05) is 25.7 Å². The molecule has 1 aliphatic carbocycles. The molecule has 5 rings (SSSR count). The number of likely N-dealkylation sites (tertiary alicyclic amines) is 1. The summed E-state index contributed by atoms with van der Waals surface area (Å²) in [5.41, 5.74) is -0.114. The van der Waals surface area contributed by atoms with Gasteiger partial charge >= 0.3 is 6.09 Å². The normalized spacial score (nSPS) is 32.2. The second kappa shape index (κ2) is 8.09. The molecule has 0 aromatic carbocycles. The van der Waals surface area contributed by atoms with Gasteiger partial charge in [-0.15, -0.1) is 0 Å². The van der Waals surface area contributed by atoms with E-state index in [1.54, 1.807) is 0 Å². The zero-order valence-electron chi connectivity index (χ0n) is 18.5. The molecule has 0 radical (unpaired) electrons. The van der Waals surface area contributed by atoms with E-state index in [-0.39, 0.29) is 12.0 Å². The molecule has 5 fully saturated rings. The van der Waals surface area contributed by atoms with Crippen molar-refractivity contribution in [2.24, 2.45) is 17.3 Å². The first-order valence-electron chi connectivity index (χ1n) is 11.7. The molecule has 0 aromatic rings. The smallest absolute Gasteiger partial charge is 0.410 e. The van der Waals surface area contributed by atoms with Crippen LogP contribution in [0.2, 0.25) is 0 Å². The predicted octanol–water partition coefficient (Wildman–Crippen LogP) is 3.40. The van der Waals surface area contributed by atoms with Crippen LogP contribution in [0.3, 0.4) is 0 Å². The van der Waals surface area contributed by atoms with Gasteiger partial charge in [0.1, 0.15) is 5.60 Å². The van der Waals surface area contributed by atoms with Crippen molar-refractivity contribution >= 4 is 12.0 Å². The van der Waals surface area contributed by atoms with E-state index in [9.17, 15) is 9.59 Å². The summed E-state index contributed by atoms with van der Waals surface area (Å²) in [6.07, 6.45) is 8.62. The van der Waals surface area contributed by atoms with Gasteiger partial charge in [-0.1, -0.05) is 0 Å². The Balaban J connectivity index is 1.22. The Labute approximate surface area is 175 Å². The quantitative estimate of drug-likeness (QED) is 0.765. The first-order chi connectivity index (χ1) is 13.7. The SMILES string of the molecule is CC(C)(C)OC(=O)N1CCC2(CCC(C(=O)N[C@H]3CN4CCC3CC4)CC2)CC1. The van der Waals surface area contributed by atoms with Crippen LogP contribution >= 0.6 is 0 Å². The number of piperidine rings is 4. The lowest BCUT2D eigenvalue weighted by molar-refractivity contribution is -0.129. The van der Waals surface area contributed by atoms with Crippen molar-refractivity contribution in [3.05, 3.63) is 0 Å². The Morgan fingerprint density at radius 2 is 1.55 bits per heavy atom. The molecule has 0 unspecified atom stereocenters. The fraction of sp³-hybridized carbons (Fsp3) is 0.913. The standard InChI is InChI=1S/C23H39N3O3/c1-22(2,3)29-21(28)26-14-10-23(11-15-26)8-4-18(5-9-23)20(27)24-19-16-25-12-6-17(19)7-13-25/h17-19H,4-16H2,1-3H3,(H,24,27)/t19-/m0/s1. The number of rotatable bonds is 2. The molecule has 6 heteroatoms. The number of nitrogens with zero attached hydrogens (tertiary/aromatic N) is 2. The highest BCUT2D eigenvalue weighted by Gasteiger charge is 2.42. The van der Waals surface area contributed by atoms with Gasteiger partial charge in [0, 0.05) is 31.6 Å². The van der Waals surface area contributed by atoms with Crippen LogP contribution < -0.4 is 5.32 Å². The van der Waals surface area contributed by atoms with Gasteiger partial charge in [0.25, 0.3) is 0 Å². The third kappa shape index (κ3) is 4.89. The summed E-state index contributed by atoms with van der Waals surface area (Å²) in [4.78, 5) is 29.6. The van der Waals surface area contributed by atoms with Crippen molar-refractivity contribution in [2.45, 2.75) is 83.8 Å². The van der Waals surface area contributed by atoms with Crippen molar-refractivity contribution in [2.75, 3.05) is 32.7 Å². The zero-order valence-corrected chi connectivity index (χ0v) is 18.5. The first kappa shape index (κ1) is 21.0. The Bertz CT molecular complexity index is 603. The van der Waals surface area contributed by atoms with E-state index >= 15 is 0 Å². The Morgan fingerprint density at radius 1 is 0.931 bits per heavy atom. The van der Waals surface area contributed by atoms with E-state index in [0.717, 1.165) is 58.2 Å². The lowest BCUT2D eigenvalue weighted by atomic mass is 9.65. The molecule has 29 heavy (non-hydrogen) atoms. The Morgan fingerprint density at radius 3 is 2.07 bits per heavy atom. The van der Waals surface area contributed by atoms with E-state index in [4.69, 9.17) is 4.74 Å². The highest BCUT2D eigenvalue weighted by molar-refractivity contribution is 5.79. The zero-order chi connectivity index (χ0) is 20.6. The number of amides is 2. The molecule has 4 saturated heterocycles. The molecule has 4 aliphatic heterocycles. The minimum atomic E-state index is -0.438. The predicted molar refractivity (Wildman–Crippen MR) is 113 cm³/mol. The molecule has 6 nitrogen and oxygen atoms in total. The molecule has 1 atom stereocenters. The second-order valence-electron chi connectivity index (χ2n) is 11.0. The van der Waals surface area contributed by atoms with Crippen molar-refractivity contribution in [1.29, 1.82) is 0 Å². The molecule has 164 valence electrons. The van der Waals surface area contributed by atoms with Crippen molar-refractivity contribution < 1.29 is 14.3 Å². The number of fused-ring (bicyclic) bond motifs is 3. The fourth-order valence-corrected chi connectivity index (χ4v) is 5.91. The number of nitrogens with one attached hydrogen (secondary N) is 1. The minimum Gasteiger partial charge on any atom is -0.444 e. The number of carbonyl (C=O) groups is 2. The molecule has 4 heterocycles. The maximum absolute atomic E-state index is 12.9. The van der Waals surface area contributed by atoms with E-state index in [1.165, 1.54) is 25.9 Å². The maximum atomic E-state index is 12.9. The molecular formula is C23H39N3O3. The van der Waals surface area contributed by atoms with Gasteiger partial charge in [-0.3, -0.25) is 4.79 Å². The largest absolute Gasteiger partial charge is 0.444 e. The average Bonchev–Trinajstić information content (AvgIpc) is 2.68. The monoisotopic (exact) mass is 405 g/mol. The molecule has 2 bridgehead atoms. The second-order valence-corrected chi connectivity index (χ2v) is 11.0. The van der Waals surface area contributed by atoms with Crippen LogP contribution in [0.1, 0.15) is 72.1 Å². The number of hydrogen-bond donors (Lipinski definition) is 1. The van der Waals surface area contributed by atoms with Gasteiger partial charge in [-0.25, -0.2) is 4.79 Å². The van der Waals surface area contributed by atoms with E-state index in [0.29, 0.717) is 23.3 Å². The molecule has 5 aliphatic rings. The Kier molecular flexibility index (Phi) is 5.84. The van der Waals surface area contributed by atoms with Crippen LogP contribution in [0, 0.1) is 17.3 Å². The maximum Gasteiger partial charge on any atom is 0.410 e. The van der Waals surface area contributed by atoms with Crippen LogP contribution in [0.25, 0.3) is 0 Å². The Hall–Kier alpha value is -1.30. The average molecular weight is 406 g/mol. The van der Waals surface area contributed by atoms with E-state index < -0.39 is 5.60 Å². The van der Waals surface area contributed by atoms with Crippen LogP contribution in [-0.2, 0) is 9.53 Å². The fourth-order valence-electron chi connectivity index (χ4n) is 5.91. The van der Waals surface area contributed by atoms with Crippen LogP contribution in [0.4, 0.5) is 4.79 Å². The van der Waals surface area contributed by atoms with Gasteiger partial charge in [0.05, 0.1) is 0 Å². The first-order valence-corrected chi connectivity index (χ1v) is 11.7. The number of hydrogen-bond acceptors (Lipinski definition) is 4. The van der Waals surface area contributed by atoms with Crippen molar-refractivity contribution in [1.82, 2.24) is 15.1 Å². The number of carbonyl (C=O) groups excluding carboxylic acids is 2. The molecule has 1 N–H and O–H groups in total. The lowest BCUT2D eigenvalue weighted by Crippen LogP contribution is -2.58. The highest BCUT2D eigenvalue weighted by atomic mass is 16.6. The van der Waals surface area contributed by atoms with Crippen molar-refractivity contribution in [3.8, 4) is 0 Å². The minimum absolute atomic E-state index is 0.181. The van der Waals surface area contributed by atoms with Crippen molar-refractivity contribution in [3.63, 3.8) is 0 Å². The van der Waals surface area contributed by atoms with Gasteiger partial charge < -0.3 is 19.9 Å². The van der Waals surface area contributed by atoms with Gasteiger partial charge in [-0.05, 0) is 96.6 Å². The molecule has 0 aromatic heterocycles. The van der Waals surface area contributed by atoms with Crippen LogP contribution in [0.5, 0.6) is 0 Å². The molecular weight excluding hydrogens is 366 g/mol. The summed E-state index contributed by atoms with van der Waals surface area (Å²) < 4.78 is 5.53. The summed E-state index contributed by atoms with van der Waals surface area (Å²) in [7, 11) is 0. The summed E-state index contributed by atoms with van der Waals surface area (Å²) >= 11 is 0. The summed E-state index contributed by atoms with van der Waals surface area (Å²) in [6.45, 7) is 10.8. The lowest BCUT2D eigenvalue weighted by Gasteiger charge is -2.47. The number of ether oxygens (including phenoxy) is 1. The van der Waals surface area contributed by atoms with Crippen LogP contribution in [0.15, 0.2) is 0 Å². The highest BCUT2D eigenvalue weighted by Crippen LogP contribution is 2.46. The third-order valence-electron chi connectivity index (χ3n) is 7.88. The van der Waals surface area contributed by atoms with Gasteiger partial charge in [-0.2, -0.15) is 0 Å². The molecule has 2 amide bonds. The van der Waals surface area contributed by atoms with Gasteiger partial charge in [0.15, 0.2) is 0 Å². The van der Waals surface area contributed by atoms with Gasteiger partial charge in [0.2, 0.25) is 5.91 Å². The van der Waals surface area contributed by atoms with Crippen LogP contribution in [-0.4, -0.2) is 66.2 Å². The molecule has 1 saturated carbocycles. The molecule has 1 spiro atoms. The third-order valence-corrected chi connectivity index (χ3v) is 7.88. The summed E-state index contributed by atoms with van der Waals surface area (Å²) in [5.74, 6) is 1.17.